The zero-order chi connectivity index (χ0) is 13.1. The summed E-state index contributed by atoms with van der Waals surface area (Å²) in [6.45, 7) is 1.59. The van der Waals surface area contributed by atoms with Crippen molar-refractivity contribution in [2.45, 2.75) is 31.8 Å². The van der Waals surface area contributed by atoms with Gasteiger partial charge in [-0.2, -0.15) is 0 Å². The summed E-state index contributed by atoms with van der Waals surface area (Å²) < 4.78 is 15.7. The molecule has 0 amide bonds. The molecule has 0 radical (unpaired) electrons. The highest BCUT2D eigenvalue weighted by molar-refractivity contribution is 5.19. The highest BCUT2D eigenvalue weighted by Crippen LogP contribution is 2.23. The van der Waals surface area contributed by atoms with Gasteiger partial charge in [-0.3, -0.25) is 0 Å². The first kappa shape index (κ1) is 12.4. The molecule has 0 bridgehead atoms. The molecule has 0 saturated carbocycles. The first-order valence-corrected chi connectivity index (χ1v) is 6.81. The van der Waals surface area contributed by atoms with Crippen molar-refractivity contribution in [1.82, 2.24) is 14.9 Å². The van der Waals surface area contributed by atoms with Gasteiger partial charge in [0.1, 0.15) is 5.82 Å². The Labute approximate surface area is 112 Å². The van der Waals surface area contributed by atoms with E-state index in [2.05, 4.69) is 10.3 Å². The maximum absolute atomic E-state index is 13.7. The van der Waals surface area contributed by atoms with Crippen molar-refractivity contribution in [3.8, 4) is 0 Å². The van der Waals surface area contributed by atoms with Gasteiger partial charge in [-0.15, -0.1) is 0 Å². The van der Waals surface area contributed by atoms with Gasteiger partial charge < -0.3 is 9.88 Å². The SMILES string of the molecule is Fc1ccccc1Cn1cncc1C1CCCCN1. The molecule has 1 unspecified atom stereocenters. The van der Waals surface area contributed by atoms with Crippen LogP contribution in [0, 0.1) is 5.82 Å². The van der Waals surface area contributed by atoms with Gasteiger partial charge in [0.2, 0.25) is 0 Å². The van der Waals surface area contributed by atoms with Crippen molar-refractivity contribution in [2.24, 2.45) is 0 Å². The summed E-state index contributed by atoms with van der Waals surface area (Å²) in [5, 5.41) is 3.51. The summed E-state index contributed by atoms with van der Waals surface area (Å²) in [4.78, 5) is 4.22. The minimum absolute atomic E-state index is 0.154. The molecule has 1 atom stereocenters. The van der Waals surface area contributed by atoms with Crippen molar-refractivity contribution in [3.05, 3.63) is 53.9 Å². The van der Waals surface area contributed by atoms with Gasteiger partial charge in [0.25, 0.3) is 0 Å². The number of rotatable bonds is 3. The van der Waals surface area contributed by atoms with Crippen LogP contribution < -0.4 is 5.32 Å². The topological polar surface area (TPSA) is 29.9 Å². The average molecular weight is 259 g/mol. The Morgan fingerprint density at radius 1 is 1.32 bits per heavy atom. The number of aromatic nitrogens is 2. The van der Waals surface area contributed by atoms with E-state index >= 15 is 0 Å². The average Bonchev–Trinajstić information content (AvgIpc) is 2.91. The highest BCUT2D eigenvalue weighted by Gasteiger charge is 2.18. The Bertz CT molecular complexity index is 544. The maximum atomic E-state index is 13.7. The second-order valence-electron chi connectivity index (χ2n) is 5.04. The lowest BCUT2D eigenvalue weighted by Crippen LogP contribution is -2.28. The van der Waals surface area contributed by atoms with E-state index in [0.717, 1.165) is 18.7 Å². The molecule has 2 aromatic rings. The van der Waals surface area contributed by atoms with Gasteiger partial charge in [0, 0.05) is 17.8 Å². The maximum Gasteiger partial charge on any atom is 0.128 e. The third-order valence-electron chi connectivity index (χ3n) is 3.71. The minimum atomic E-state index is -0.154. The second-order valence-corrected chi connectivity index (χ2v) is 5.04. The second kappa shape index (κ2) is 5.53. The summed E-state index contributed by atoms with van der Waals surface area (Å²) in [5.74, 6) is -0.154. The Morgan fingerprint density at radius 2 is 2.21 bits per heavy atom. The highest BCUT2D eigenvalue weighted by atomic mass is 19.1. The van der Waals surface area contributed by atoms with Crippen molar-refractivity contribution in [2.75, 3.05) is 6.54 Å². The number of nitrogens with zero attached hydrogens (tertiary/aromatic N) is 2. The van der Waals surface area contributed by atoms with Crippen LogP contribution in [0.2, 0.25) is 0 Å². The van der Waals surface area contributed by atoms with E-state index < -0.39 is 0 Å². The molecular formula is C15H18FN3. The molecule has 1 N–H and O–H groups in total. The molecule has 1 aromatic carbocycles. The molecule has 3 nitrogen and oxygen atoms in total. The quantitative estimate of drug-likeness (QED) is 0.918. The lowest BCUT2D eigenvalue weighted by molar-refractivity contribution is 0.395. The Balaban J connectivity index is 1.82. The molecule has 4 heteroatoms. The smallest absolute Gasteiger partial charge is 0.128 e. The first-order chi connectivity index (χ1) is 9.34. The molecular weight excluding hydrogens is 241 g/mol. The van der Waals surface area contributed by atoms with Crippen LogP contribution in [0.4, 0.5) is 4.39 Å². The lowest BCUT2D eigenvalue weighted by atomic mass is 10.0. The molecule has 3 rings (SSSR count). The number of nitrogens with one attached hydrogen (secondary N) is 1. The number of hydrogen-bond donors (Lipinski definition) is 1. The predicted octanol–water partition coefficient (Wildman–Crippen LogP) is 2.89. The zero-order valence-electron chi connectivity index (χ0n) is 10.8. The van der Waals surface area contributed by atoms with E-state index in [1.54, 1.807) is 12.4 Å². The largest absolute Gasteiger partial charge is 0.329 e. The fourth-order valence-corrected chi connectivity index (χ4v) is 2.67. The van der Waals surface area contributed by atoms with E-state index in [1.807, 2.05) is 22.9 Å². The summed E-state index contributed by atoms with van der Waals surface area (Å²) >= 11 is 0. The van der Waals surface area contributed by atoms with Crippen molar-refractivity contribution in [1.29, 1.82) is 0 Å². The van der Waals surface area contributed by atoms with Crippen LogP contribution in [0.3, 0.4) is 0 Å². The molecule has 100 valence electrons. The van der Waals surface area contributed by atoms with E-state index in [1.165, 1.54) is 18.9 Å². The molecule has 0 spiro atoms. The Hall–Kier alpha value is -1.68. The monoisotopic (exact) mass is 259 g/mol. The van der Waals surface area contributed by atoms with Crippen molar-refractivity contribution >= 4 is 0 Å². The summed E-state index contributed by atoms with van der Waals surface area (Å²) in [5.41, 5.74) is 1.86. The van der Waals surface area contributed by atoms with Crippen LogP contribution in [-0.4, -0.2) is 16.1 Å². The number of halogens is 1. The standard InChI is InChI=1S/C15H18FN3/c16-13-6-2-1-5-12(13)10-19-11-17-9-15(19)14-7-3-4-8-18-14/h1-2,5-6,9,11,14,18H,3-4,7-8,10H2. The van der Waals surface area contributed by atoms with Crippen LogP contribution >= 0.6 is 0 Å². The fourth-order valence-electron chi connectivity index (χ4n) is 2.67. The number of hydrogen-bond acceptors (Lipinski definition) is 2. The van der Waals surface area contributed by atoms with Crippen LogP contribution in [0.1, 0.15) is 36.6 Å². The van der Waals surface area contributed by atoms with E-state index in [0.29, 0.717) is 18.2 Å². The number of imidazole rings is 1. The third-order valence-corrected chi connectivity index (χ3v) is 3.71. The Kier molecular flexibility index (Phi) is 3.60. The molecule has 1 aliphatic rings. The first-order valence-electron chi connectivity index (χ1n) is 6.81. The number of benzene rings is 1. The Morgan fingerprint density at radius 3 is 3.00 bits per heavy atom. The summed E-state index contributed by atoms with van der Waals surface area (Å²) in [7, 11) is 0. The van der Waals surface area contributed by atoms with Gasteiger partial charge in [-0.25, -0.2) is 9.37 Å². The predicted molar refractivity (Wildman–Crippen MR) is 72.3 cm³/mol. The van der Waals surface area contributed by atoms with Gasteiger partial charge >= 0.3 is 0 Å². The molecule has 1 fully saturated rings. The van der Waals surface area contributed by atoms with E-state index in [-0.39, 0.29) is 5.82 Å². The van der Waals surface area contributed by atoms with Crippen LogP contribution in [-0.2, 0) is 6.54 Å². The van der Waals surface area contributed by atoms with Crippen LogP contribution in [0.25, 0.3) is 0 Å². The van der Waals surface area contributed by atoms with Crippen molar-refractivity contribution in [3.63, 3.8) is 0 Å². The molecule has 1 aromatic heterocycles. The normalized spacial score (nSPS) is 19.5. The number of piperidine rings is 1. The third kappa shape index (κ3) is 2.68. The molecule has 2 heterocycles. The summed E-state index contributed by atoms with van der Waals surface area (Å²) in [6.07, 6.45) is 7.28. The summed E-state index contributed by atoms with van der Waals surface area (Å²) in [6, 6.07) is 7.27. The van der Waals surface area contributed by atoms with Crippen LogP contribution in [0.5, 0.6) is 0 Å². The van der Waals surface area contributed by atoms with Gasteiger partial charge in [0.05, 0.1) is 18.6 Å². The van der Waals surface area contributed by atoms with Crippen LogP contribution in [0.15, 0.2) is 36.8 Å². The van der Waals surface area contributed by atoms with Gasteiger partial charge in [-0.1, -0.05) is 24.6 Å². The molecule has 19 heavy (non-hydrogen) atoms. The molecule has 0 aliphatic carbocycles. The van der Waals surface area contributed by atoms with Crippen molar-refractivity contribution < 1.29 is 4.39 Å². The van der Waals surface area contributed by atoms with Gasteiger partial charge in [0.15, 0.2) is 0 Å². The lowest BCUT2D eigenvalue weighted by Gasteiger charge is -2.24. The molecule has 1 saturated heterocycles. The van der Waals surface area contributed by atoms with Gasteiger partial charge in [-0.05, 0) is 25.5 Å². The minimum Gasteiger partial charge on any atom is -0.329 e. The zero-order valence-corrected chi connectivity index (χ0v) is 10.8. The fraction of sp³-hybridized carbons (Fsp3) is 0.400. The molecule has 1 aliphatic heterocycles. The van der Waals surface area contributed by atoms with E-state index in [9.17, 15) is 4.39 Å². The van der Waals surface area contributed by atoms with E-state index in [4.69, 9.17) is 0 Å².